The number of alkyl carbamates (subject to hydrolysis) is 1. The topological polar surface area (TPSA) is 133 Å². The zero-order chi connectivity index (χ0) is 23.0. The van der Waals surface area contributed by atoms with Crippen LogP contribution in [-0.4, -0.2) is 50.6 Å². The molecule has 0 saturated heterocycles. The molecule has 0 aromatic heterocycles. The Morgan fingerprint density at radius 2 is 1.41 bits per heavy atom. The van der Waals surface area contributed by atoms with Crippen molar-refractivity contribution >= 4 is 18.0 Å². The molecule has 2 fully saturated rings. The van der Waals surface area contributed by atoms with Crippen LogP contribution in [0.25, 0.3) is 0 Å². The molecule has 2 rings (SSSR count). The number of rotatable bonds is 3. The summed E-state index contributed by atoms with van der Waals surface area (Å²) in [5.41, 5.74) is -5.84. The molecule has 8 heteroatoms. The second-order valence-corrected chi connectivity index (χ2v) is 11.5. The average Bonchev–Trinajstić information content (AvgIpc) is 3.08. The van der Waals surface area contributed by atoms with E-state index in [0.29, 0.717) is 0 Å². The van der Waals surface area contributed by atoms with Crippen molar-refractivity contribution in [3.05, 3.63) is 0 Å². The summed E-state index contributed by atoms with van der Waals surface area (Å²) in [5, 5.41) is 34.2. The zero-order valence-electron chi connectivity index (χ0n) is 18.8. The molecule has 2 aliphatic carbocycles. The number of carbonyl (C=O) groups excluding carboxylic acids is 1. The van der Waals surface area contributed by atoms with Crippen molar-refractivity contribution in [3.8, 4) is 0 Å². The number of hydrogen-bond donors (Lipinski definition) is 4. The molecule has 8 nitrogen and oxygen atoms in total. The quantitative estimate of drug-likeness (QED) is 0.559. The molecule has 0 spiro atoms. The molecule has 0 heterocycles. The number of carbonyl (C=O) groups is 3. The Balaban J connectivity index is 2.79. The van der Waals surface area contributed by atoms with E-state index in [1.807, 2.05) is 0 Å². The molecule has 29 heavy (non-hydrogen) atoms. The molecule has 2 saturated carbocycles. The molecular formula is C21H35NO7. The summed E-state index contributed by atoms with van der Waals surface area (Å²) in [5.74, 6) is -5.34. The lowest BCUT2D eigenvalue weighted by Gasteiger charge is -2.50. The molecule has 1 unspecified atom stereocenters. The number of nitrogens with one attached hydrogen (secondary N) is 1. The van der Waals surface area contributed by atoms with Gasteiger partial charge in [-0.15, -0.1) is 0 Å². The fraction of sp³-hybridized carbons (Fsp3) is 0.857. The van der Waals surface area contributed by atoms with Crippen molar-refractivity contribution in [1.29, 1.82) is 0 Å². The minimum Gasteiger partial charge on any atom is -0.481 e. The second-order valence-electron chi connectivity index (χ2n) is 11.5. The minimum absolute atomic E-state index is 0.735. The maximum Gasteiger partial charge on any atom is 0.408 e. The first-order valence-corrected chi connectivity index (χ1v) is 9.92. The van der Waals surface area contributed by atoms with Gasteiger partial charge in [-0.1, -0.05) is 41.5 Å². The van der Waals surface area contributed by atoms with E-state index in [-0.39, 0.29) is 0 Å². The first-order valence-electron chi connectivity index (χ1n) is 9.92. The highest BCUT2D eigenvalue weighted by atomic mass is 16.6. The van der Waals surface area contributed by atoms with Gasteiger partial charge in [-0.2, -0.15) is 0 Å². The Kier molecular flexibility index (Phi) is 5.12. The molecular weight excluding hydrogens is 378 g/mol. The van der Waals surface area contributed by atoms with Crippen molar-refractivity contribution in [2.75, 3.05) is 0 Å². The van der Waals surface area contributed by atoms with Crippen LogP contribution in [0.15, 0.2) is 0 Å². The molecule has 4 N–H and O–H groups in total. The largest absolute Gasteiger partial charge is 0.481 e. The van der Waals surface area contributed by atoms with E-state index in [4.69, 9.17) is 4.74 Å². The number of aliphatic hydroxyl groups excluding tert-OH is 1. The third kappa shape index (κ3) is 3.10. The van der Waals surface area contributed by atoms with Gasteiger partial charge >= 0.3 is 18.0 Å². The number of carboxylic acids is 2. The van der Waals surface area contributed by atoms with Crippen molar-refractivity contribution < 1.29 is 34.4 Å². The van der Waals surface area contributed by atoms with Crippen LogP contribution < -0.4 is 5.32 Å². The third-order valence-electron chi connectivity index (χ3n) is 6.57. The maximum atomic E-state index is 12.9. The van der Waals surface area contributed by atoms with Gasteiger partial charge in [-0.3, -0.25) is 4.79 Å². The summed E-state index contributed by atoms with van der Waals surface area (Å²) < 4.78 is 5.35. The normalized spacial score (nSPS) is 36.9. The first kappa shape index (κ1) is 23.4. The van der Waals surface area contributed by atoms with Crippen molar-refractivity contribution in [2.24, 2.45) is 34.0 Å². The molecule has 0 aromatic rings. The van der Waals surface area contributed by atoms with Crippen molar-refractivity contribution in [3.63, 3.8) is 0 Å². The van der Waals surface area contributed by atoms with Gasteiger partial charge in [0, 0.05) is 17.3 Å². The number of aliphatic carboxylic acids is 2. The van der Waals surface area contributed by atoms with Crippen LogP contribution in [0.5, 0.6) is 0 Å². The Morgan fingerprint density at radius 3 is 1.72 bits per heavy atom. The Bertz CT molecular complexity index is 727. The van der Waals surface area contributed by atoms with Crippen molar-refractivity contribution in [2.45, 2.75) is 79.6 Å². The SMILES string of the molecule is CC(C)(C)OC(=O)N[C@@]1(C(=O)O)C(C(C)(C)C)[C@@H](O)[C@@H]2[C@@H](C(=O)O)[C@]21C(C)(C)C. The monoisotopic (exact) mass is 413 g/mol. The summed E-state index contributed by atoms with van der Waals surface area (Å²) in [6.07, 6.45) is -2.15. The van der Waals surface area contributed by atoms with Crippen LogP contribution in [0, 0.1) is 34.0 Å². The fourth-order valence-electron chi connectivity index (χ4n) is 6.19. The van der Waals surface area contributed by atoms with Crippen LogP contribution in [0.4, 0.5) is 4.79 Å². The van der Waals surface area contributed by atoms with Gasteiger partial charge in [-0.05, 0) is 31.6 Å². The summed E-state index contributed by atoms with van der Waals surface area (Å²) in [6, 6.07) is 0. The van der Waals surface area contributed by atoms with Crippen molar-refractivity contribution in [1.82, 2.24) is 5.32 Å². The Morgan fingerprint density at radius 1 is 0.931 bits per heavy atom. The van der Waals surface area contributed by atoms with Gasteiger partial charge < -0.3 is 25.4 Å². The number of fused-ring (bicyclic) bond motifs is 1. The van der Waals surface area contributed by atoms with E-state index < -0.39 is 69.3 Å². The number of aliphatic hydroxyl groups is 1. The second kappa shape index (κ2) is 6.33. The van der Waals surface area contributed by atoms with Gasteiger partial charge in [-0.25, -0.2) is 9.59 Å². The van der Waals surface area contributed by atoms with Gasteiger partial charge in [0.15, 0.2) is 5.54 Å². The van der Waals surface area contributed by atoms with E-state index in [1.54, 1.807) is 62.3 Å². The van der Waals surface area contributed by atoms with Crippen LogP contribution in [0.2, 0.25) is 0 Å². The number of amides is 1. The number of hydrogen-bond acceptors (Lipinski definition) is 5. The fourth-order valence-corrected chi connectivity index (χ4v) is 6.19. The van der Waals surface area contributed by atoms with E-state index in [1.165, 1.54) is 0 Å². The first-order chi connectivity index (χ1) is 12.8. The average molecular weight is 414 g/mol. The van der Waals surface area contributed by atoms with E-state index in [9.17, 15) is 29.7 Å². The molecule has 1 amide bonds. The molecule has 6 atom stereocenters. The van der Waals surface area contributed by atoms with Crippen LogP contribution >= 0.6 is 0 Å². The summed E-state index contributed by atoms with van der Waals surface area (Å²) in [6.45, 7) is 15.6. The van der Waals surface area contributed by atoms with Crippen LogP contribution in [-0.2, 0) is 14.3 Å². The lowest BCUT2D eigenvalue weighted by molar-refractivity contribution is -0.163. The minimum atomic E-state index is -2.01. The predicted molar refractivity (Wildman–Crippen MR) is 105 cm³/mol. The molecule has 0 radical (unpaired) electrons. The molecule has 0 aromatic carbocycles. The van der Waals surface area contributed by atoms with Gasteiger partial charge in [0.05, 0.1) is 12.0 Å². The maximum absolute atomic E-state index is 12.9. The van der Waals surface area contributed by atoms with Crippen LogP contribution in [0.1, 0.15) is 62.3 Å². The lowest BCUT2D eigenvalue weighted by atomic mass is 9.57. The van der Waals surface area contributed by atoms with Gasteiger partial charge in [0.2, 0.25) is 0 Å². The standard InChI is InChI=1S/C21H35NO7/c1-17(2,3)13-12(23)10-11(14(24)25)20(10,18(4,5)6)21(13,15(26)27)22-16(28)29-19(7,8)9/h10-13,23H,1-9H3,(H,22,28)(H,24,25)(H,26,27)/t10-,11-,12-,13?,20-,21+/m0/s1. The highest BCUT2D eigenvalue weighted by Crippen LogP contribution is 2.81. The molecule has 166 valence electrons. The molecule has 0 bridgehead atoms. The number of ether oxygens (including phenoxy) is 1. The van der Waals surface area contributed by atoms with E-state index in [0.717, 1.165) is 0 Å². The van der Waals surface area contributed by atoms with E-state index in [2.05, 4.69) is 5.32 Å². The Hall–Kier alpha value is -1.83. The Labute approximate surface area is 172 Å². The third-order valence-corrected chi connectivity index (χ3v) is 6.57. The lowest BCUT2D eigenvalue weighted by Crippen LogP contribution is -2.70. The van der Waals surface area contributed by atoms with Gasteiger partial charge in [0.25, 0.3) is 0 Å². The smallest absolute Gasteiger partial charge is 0.408 e. The van der Waals surface area contributed by atoms with Gasteiger partial charge in [0.1, 0.15) is 5.60 Å². The molecule has 0 aliphatic heterocycles. The van der Waals surface area contributed by atoms with E-state index >= 15 is 0 Å². The zero-order valence-corrected chi connectivity index (χ0v) is 18.8. The predicted octanol–water partition coefficient (Wildman–Crippen LogP) is 2.73. The van der Waals surface area contributed by atoms with Crippen LogP contribution in [0.3, 0.4) is 0 Å². The summed E-state index contributed by atoms with van der Waals surface area (Å²) in [7, 11) is 0. The molecule has 2 aliphatic rings. The highest BCUT2D eigenvalue weighted by Gasteiger charge is 2.92. The highest BCUT2D eigenvalue weighted by molar-refractivity contribution is 5.92. The summed E-state index contributed by atoms with van der Waals surface area (Å²) >= 11 is 0. The number of carboxylic acid groups (broad SMARTS) is 2. The summed E-state index contributed by atoms with van der Waals surface area (Å²) in [4.78, 5) is 37.8.